The Bertz CT molecular complexity index is 557. The van der Waals surface area contributed by atoms with E-state index in [1.54, 1.807) is 12.1 Å². The molecule has 0 aromatic heterocycles. The van der Waals surface area contributed by atoms with Gasteiger partial charge in [-0.15, -0.1) is 0 Å². The molecule has 0 unspecified atom stereocenters. The molecule has 1 N–H and O–H groups in total. The van der Waals surface area contributed by atoms with Crippen LogP contribution in [0.1, 0.15) is 17.2 Å². The average Bonchev–Trinajstić information content (AvgIpc) is 2.38. The van der Waals surface area contributed by atoms with E-state index in [4.69, 9.17) is 4.74 Å². The summed E-state index contributed by atoms with van der Waals surface area (Å²) >= 11 is 3.34. The van der Waals surface area contributed by atoms with Crippen molar-refractivity contribution >= 4 is 15.9 Å². The summed E-state index contributed by atoms with van der Waals surface area (Å²) in [7, 11) is 1.49. The van der Waals surface area contributed by atoms with E-state index in [9.17, 15) is 9.50 Å². The van der Waals surface area contributed by atoms with Gasteiger partial charge in [-0.25, -0.2) is 4.39 Å². The van der Waals surface area contributed by atoms with E-state index >= 15 is 0 Å². The normalized spacial score (nSPS) is 12.2. The van der Waals surface area contributed by atoms with Crippen molar-refractivity contribution < 1.29 is 14.2 Å². The summed E-state index contributed by atoms with van der Waals surface area (Å²) in [5.74, 6) is 0.0590. The van der Waals surface area contributed by atoms with E-state index in [2.05, 4.69) is 15.9 Å². The Labute approximate surface area is 113 Å². The largest absolute Gasteiger partial charge is 0.496 e. The van der Waals surface area contributed by atoms with Gasteiger partial charge in [-0.05, 0) is 35.9 Å². The van der Waals surface area contributed by atoms with Crippen molar-refractivity contribution in [2.45, 2.75) is 6.10 Å². The summed E-state index contributed by atoms with van der Waals surface area (Å²) < 4.78 is 19.3. The molecule has 2 aromatic rings. The number of halogens is 2. The van der Waals surface area contributed by atoms with Crippen LogP contribution in [0.15, 0.2) is 46.9 Å². The van der Waals surface area contributed by atoms with Gasteiger partial charge in [0.2, 0.25) is 0 Å². The van der Waals surface area contributed by atoms with Crippen molar-refractivity contribution in [3.8, 4) is 5.75 Å². The van der Waals surface area contributed by atoms with Crippen LogP contribution in [0.2, 0.25) is 0 Å². The number of hydrogen-bond acceptors (Lipinski definition) is 2. The molecule has 18 heavy (non-hydrogen) atoms. The third-order valence-corrected chi connectivity index (χ3v) is 3.14. The van der Waals surface area contributed by atoms with Gasteiger partial charge >= 0.3 is 0 Å². The third kappa shape index (κ3) is 2.71. The monoisotopic (exact) mass is 310 g/mol. The Morgan fingerprint density at radius 2 is 2.00 bits per heavy atom. The lowest BCUT2D eigenvalue weighted by atomic mass is 10.0. The Morgan fingerprint density at radius 3 is 2.67 bits per heavy atom. The molecule has 0 aliphatic rings. The molecule has 1 atom stereocenters. The van der Waals surface area contributed by atoms with Gasteiger partial charge in [-0.1, -0.05) is 28.1 Å². The molecule has 0 spiro atoms. The molecule has 0 heterocycles. The van der Waals surface area contributed by atoms with Crippen LogP contribution in [0.3, 0.4) is 0 Å². The van der Waals surface area contributed by atoms with Crippen LogP contribution in [0.4, 0.5) is 4.39 Å². The predicted octanol–water partition coefficient (Wildman–Crippen LogP) is 3.68. The zero-order valence-corrected chi connectivity index (χ0v) is 11.3. The maximum Gasteiger partial charge on any atom is 0.125 e. The number of aliphatic hydroxyl groups is 1. The van der Waals surface area contributed by atoms with Crippen LogP contribution in [-0.2, 0) is 0 Å². The highest BCUT2D eigenvalue weighted by Crippen LogP contribution is 2.31. The summed E-state index contributed by atoms with van der Waals surface area (Å²) in [5, 5.41) is 10.3. The minimum Gasteiger partial charge on any atom is -0.496 e. The molecular formula is C14H12BrFO2. The maximum absolute atomic E-state index is 13.3. The van der Waals surface area contributed by atoms with Crippen LogP contribution in [-0.4, -0.2) is 12.2 Å². The van der Waals surface area contributed by atoms with Gasteiger partial charge < -0.3 is 9.84 Å². The van der Waals surface area contributed by atoms with Gasteiger partial charge in [0.05, 0.1) is 7.11 Å². The highest BCUT2D eigenvalue weighted by molar-refractivity contribution is 9.10. The second kappa shape index (κ2) is 5.50. The van der Waals surface area contributed by atoms with E-state index in [0.717, 1.165) is 4.47 Å². The van der Waals surface area contributed by atoms with Gasteiger partial charge in [0, 0.05) is 10.0 Å². The first-order chi connectivity index (χ1) is 8.61. The maximum atomic E-state index is 13.3. The van der Waals surface area contributed by atoms with Crippen molar-refractivity contribution in [3.05, 3.63) is 63.9 Å². The van der Waals surface area contributed by atoms with Crippen molar-refractivity contribution in [2.75, 3.05) is 7.11 Å². The standard InChI is InChI=1S/C14H12BrFO2/c1-18-13-6-5-11(16)8-12(13)14(17)9-3-2-4-10(15)7-9/h2-8,14,17H,1H3/t14-/m1/s1. The lowest BCUT2D eigenvalue weighted by Gasteiger charge is -2.15. The summed E-state index contributed by atoms with van der Waals surface area (Å²) in [6.45, 7) is 0. The SMILES string of the molecule is COc1ccc(F)cc1[C@H](O)c1cccc(Br)c1. The van der Waals surface area contributed by atoms with Gasteiger partial charge in [0.15, 0.2) is 0 Å². The zero-order chi connectivity index (χ0) is 13.1. The number of aliphatic hydroxyl groups excluding tert-OH is 1. The minimum atomic E-state index is -0.923. The fourth-order valence-corrected chi connectivity index (χ4v) is 2.19. The molecule has 0 saturated carbocycles. The summed E-state index contributed by atoms with van der Waals surface area (Å²) in [4.78, 5) is 0. The van der Waals surface area contributed by atoms with E-state index in [1.165, 1.54) is 25.3 Å². The van der Waals surface area contributed by atoms with E-state index < -0.39 is 11.9 Å². The molecule has 2 rings (SSSR count). The topological polar surface area (TPSA) is 29.5 Å². The molecule has 0 radical (unpaired) electrons. The summed E-state index contributed by atoms with van der Waals surface area (Å²) in [5.41, 5.74) is 1.09. The molecule has 0 aliphatic heterocycles. The Kier molecular flexibility index (Phi) is 3.99. The van der Waals surface area contributed by atoms with Crippen LogP contribution in [0, 0.1) is 5.82 Å². The lowest BCUT2D eigenvalue weighted by molar-refractivity contribution is 0.214. The molecule has 0 aliphatic carbocycles. The van der Waals surface area contributed by atoms with Crippen LogP contribution < -0.4 is 4.74 Å². The van der Waals surface area contributed by atoms with Crippen molar-refractivity contribution in [1.82, 2.24) is 0 Å². The summed E-state index contributed by atoms with van der Waals surface area (Å²) in [6, 6.07) is 11.3. The number of hydrogen-bond donors (Lipinski definition) is 1. The van der Waals surface area contributed by atoms with E-state index in [0.29, 0.717) is 16.9 Å². The van der Waals surface area contributed by atoms with Crippen molar-refractivity contribution in [2.24, 2.45) is 0 Å². The predicted molar refractivity (Wildman–Crippen MR) is 71.2 cm³/mol. The zero-order valence-electron chi connectivity index (χ0n) is 9.73. The van der Waals surface area contributed by atoms with Gasteiger partial charge in [-0.3, -0.25) is 0 Å². The van der Waals surface area contributed by atoms with Gasteiger partial charge in [0.1, 0.15) is 17.7 Å². The molecule has 0 fully saturated rings. The number of rotatable bonds is 3. The molecule has 4 heteroatoms. The first-order valence-corrected chi connectivity index (χ1v) is 6.18. The van der Waals surface area contributed by atoms with Crippen LogP contribution in [0.5, 0.6) is 5.75 Å². The first kappa shape index (κ1) is 13.1. The van der Waals surface area contributed by atoms with E-state index in [-0.39, 0.29) is 0 Å². The minimum absolute atomic E-state index is 0.403. The van der Waals surface area contributed by atoms with Gasteiger partial charge in [-0.2, -0.15) is 0 Å². The number of benzene rings is 2. The highest BCUT2D eigenvalue weighted by atomic mass is 79.9. The van der Waals surface area contributed by atoms with Crippen LogP contribution >= 0.6 is 15.9 Å². The quantitative estimate of drug-likeness (QED) is 0.937. The third-order valence-electron chi connectivity index (χ3n) is 2.65. The molecule has 2 nitrogen and oxygen atoms in total. The second-order valence-electron chi connectivity index (χ2n) is 3.84. The Hall–Kier alpha value is -1.39. The number of methoxy groups -OCH3 is 1. The molecule has 2 aromatic carbocycles. The average molecular weight is 311 g/mol. The molecule has 0 bridgehead atoms. The molecular weight excluding hydrogens is 299 g/mol. The second-order valence-corrected chi connectivity index (χ2v) is 4.76. The lowest BCUT2D eigenvalue weighted by Crippen LogP contribution is -2.03. The van der Waals surface area contributed by atoms with Crippen molar-refractivity contribution in [3.63, 3.8) is 0 Å². The van der Waals surface area contributed by atoms with Crippen LogP contribution in [0.25, 0.3) is 0 Å². The van der Waals surface area contributed by atoms with Crippen molar-refractivity contribution in [1.29, 1.82) is 0 Å². The smallest absolute Gasteiger partial charge is 0.125 e. The Morgan fingerprint density at radius 1 is 1.22 bits per heavy atom. The highest BCUT2D eigenvalue weighted by Gasteiger charge is 2.16. The first-order valence-electron chi connectivity index (χ1n) is 5.39. The Balaban J connectivity index is 2.44. The van der Waals surface area contributed by atoms with E-state index in [1.807, 2.05) is 12.1 Å². The fraction of sp³-hybridized carbons (Fsp3) is 0.143. The molecule has 0 saturated heterocycles. The molecule has 94 valence electrons. The van der Waals surface area contributed by atoms with Gasteiger partial charge in [0.25, 0.3) is 0 Å². The fourth-order valence-electron chi connectivity index (χ4n) is 1.78. The molecule has 0 amide bonds. The summed E-state index contributed by atoms with van der Waals surface area (Å²) in [6.07, 6.45) is -0.923. The number of ether oxygens (including phenoxy) is 1.